The number of furan rings is 1. The highest BCUT2D eigenvalue weighted by Gasteiger charge is 2.15. The molecule has 2 N–H and O–H groups in total. The van der Waals surface area contributed by atoms with Gasteiger partial charge < -0.3 is 9.73 Å². The van der Waals surface area contributed by atoms with E-state index in [2.05, 4.69) is 31.8 Å². The summed E-state index contributed by atoms with van der Waals surface area (Å²) in [7, 11) is 0. The molecule has 0 saturated heterocycles. The van der Waals surface area contributed by atoms with Gasteiger partial charge in [-0.15, -0.1) is 0 Å². The zero-order chi connectivity index (χ0) is 16.1. The van der Waals surface area contributed by atoms with E-state index in [-0.39, 0.29) is 5.69 Å². The Balaban J connectivity index is 1.98. The van der Waals surface area contributed by atoms with E-state index >= 15 is 0 Å². The summed E-state index contributed by atoms with van der Waals surface area (Å²) < 4.78 is 19.2. The lowest BCUT2D eigenvalue weighted by molar-refractivity contribution is -0.136. The van der Waals surface area contributed by atoms with Crippen molar-refractivity contribution in [2.75, 3.05) is 5.32 Å². The maximum Gasteiger partial charge on any atom is 0.329 e. The number of carbonyl (C=O) groups excluding carboxylic acids is 2. The van der Waals surface area contributed by atoms with Crippen LogP contribution in [0, 0.1) is 5.82 Å². The van der Waals surface area contributed by atoms with E-state index in [4.69, 9.17) is 4.42 Å². The third kappa shape index (κ3) is 4.01. The van der Waals surface area contributed by atoms with Crippen molar-refractivity contribution in [1.82, 2.24) is 5.43 Å². The van der Waals surface area contributed by atoms with Crippen LogP contribution in [-0.2, 0) is 9.59 Å². The molecule has 6 nitrogen and oxygen atoms in total. The van der Waals surface area contributed by atoms with Crippen molar-refractivity contribution in [3.8, 4) is 0 Å². The Labute approximate surface area is 133 Å². The minimum absolute atomic E-state index is 0.102. The van der Waals surface area contributed by atoms with Gasteiger partial charge in [0.25, 0.3) is 0 Å². The molecule has 0 spiro atoms. The van der Waals surface area contributed by atoms with Crippen LogP contribution in [0.15, 0.2) is 50.6 Å². The molecule has 1 aromatic heterocycles. The lowest BCUT2D eigenvalue weighted by Crippen LogP contribution is -2.33. The maximum absolute atomic E-state index is 13.6. The Hall–Kier alpha value is -2.48. The van der Waals surface area contributed by atoms with Crippen molar-refractivity contribution < 1.29 is 18.4 Å². The van der Waals surface area contributed by atoms with Crippen molar-refractivity contribution in [2.45, 2.75) is 6.92 Å². The first-order valence-corrected chi connectivity index (χ1v) is 6.91. The molecule has 2 amide bonds. The zero-order valence-electron chi connectivity index (χ0n) is 11.4. The van der Waals surface area contributed by atoms with E-state index in [0.29, 0.717) is 15.9 Å². The van der Waals surface area contributed by atoms with Crippen LogP contribution >= 0.6 is 15.9 Å². The van der Waals surface area contributed by atoms with Gasteiger partial charge >= 0.3 is 11.8 Å². The first-order chi connectivity index (χ1) is 10.5. The quantitative estimate of drug-likeness (QED) is 0.496. The van der Waals surface area contributed by atoms with Crippen molar-refractivity contribution in [2.24, 2.45) is 5.10 Å². The van der Waals surface area contributed by atoms with E-state index in [1.165, 1.54) is 24.5 Å². The highest BCUT2D eigenvalue weighted by Crippen LogP contribution is 2.19. The number of hydrazone groups is 1. The molecule has 22 heavy (non-hydrogen) atoms. The fourth-order valence-electron chi connectivity index (χ4n) is 1.49. The van der Waals surface area contributed by atoms with Crippen molar-refractivity contribution in [3.05, 3.63) is 52.6 Å². The molecular weight excluding hydrogens is 357 g/mol. The van der Waals surface area contributed by atoms with Crippen LogP contribution in [0.3, 0.4) is 0 Å². The number of nitrogens with one attached hydrogen (secondary N) is 2. The number of amides is 2. The van der Waals surface area contributed by atoms with Crippen LogP contribution in [-0.4, -0.2) is 17.5 Å². The van der Waals surface area contributed by atoms with Crippen molar-refractivity contribution >= 4 is 39.1 Å². The van der Waals surface area contributed by atoms with Crippen LogP contribution < -0.4 is 10.7 Å². The van der Waals surface area contributed by atoms with Crippen molar-refractivity contribution in [3.63, 3.8) is 0 Å². The maximum atomic E-state index is 13.6. The number of carbonyl (C=O) groups is 2. The second-order valence-corrected chi connectivity index (χ2v) is 5.11. The summed E-state index contributed by atoms with van der Waals surface area (Å²) >= 11 is 3.09. The van der Waals surface area contributed by atoms with Gasteiger partial charge in [-0.05, 0) is 37.3 Å². The minimum Gasteiger partial charge on any atom is -0.463 e. The first kappa shape index (κ1) is 15.9. The summed E-state index contributed by atoms with van der Waals surface area (Å²) in [5.74, 6) is -2.25. The summed E-state index contributed by atoms with van der Waals surface area (Å²) in [4.78, 5) is 23.3. The van der Waals surface area contributed by atoms with E-state index in [1.54, 1.807) is 19.1 Å². The number of halogens is 2. The molecule has 0 aliphatic carbocycles. The largest absolute Gasteiger partial charge is 0.463 e. The summed E-state index contributed by atoms with van der Waals surface area (Å²) in [6, 6.07) is 7.37. The molecule has 2 rings (SSSR count). The molecule has 1 aromatic carbocycles. The molecule has 114 valence electrons. The predicted molar refractivity (Wildman–Crippen MR) is 81.8 cm³/mol. The highest BCUT2D eigenvalue weighted by molar-refractivity contribution is 9.10. The lowest BCUT2D eigenvalue weighted by atomic mass is 10.3. The molecule has 0 aliphatic heterocycles. The second-order valence-electron chi connectivity index (χ2n) is 4.19. The third-order valence-electron chi connectivity index (χ3n) is 2.59. The molecule has 0 unspecified atom stereocenters. The molecule has 1 heterocycles. The summed E-state index contributed by atoms with van der Waals surface area (Å²) in [5, 5.41) is 5.88. The standard InChI is InChI=1S/C14H11BrFN3O3/c1-8(12-3-2-6-22-12)18-19-14(21)13(20)17-11-5-4-9(15)7-10(11)16/h2-7H,1H3,(H,17,20)(H,19,21)/b18-8+. The molecule has 2 aromatic rings. The van der Waals surface area contributed by atoms with Gasteiger partial charge in [0, 0.05) is 4.47 Å². The Kier molecular flexibility index (Phi) is 5.05. The monoisotopic (exact) mass is 367 g/mol. The smallest absolute Gasteiger partial charge is 0.329 e. The van der Waals surface area contributed by atoms with Gasteiger partial charge in [-0.1, -0.05) is 15.9 Å². The predicted octanol–water partition coefficient (Wildman–Crippen LogP) is 2.66. The molecule has 0 radical (unpaired) electrons. The number of benzene rings is 1. The van der Waals surface area contributed by atoms with Gasteiger partial charge in [-0.2, -0.15) is 5.10 Å². The Morgan fingerprint density at radius 3 is 2.68 bits per heavy atom. The summed E-state index contributed by atoms with van der Waals surface area (Å²) in [6.45, 7) is 1.60. The first-order valence-electron chi connectivity index (χ1n) is 6.12. The molecule has 0 bridgehead atoms. The number of hydrogen-bond donors (Lipinski definition) is 2. The van der Waals surface area contributed by atoms with Crippen LogP contribution in [0.1, 0.15) is 12.7 Å². The number of anilines is 1. The minimum atomic E-state index is -1.03. The van der Waals surface area contributed by atoms with Crippen LogP contribution in [0.4, 0.5) is 10.1 Å². The topological polar surface area (TPSA) is 83.7 Å². The molecule has 0 fully saturated rings. The Bertz CT molecular complexity index is 729. The number of rotatable bonds is 3. The Morgan fingerprint density at radius 2 is 2.05 bits per heavy atom. The molecule has 0 saturated carbocycles. The van der Waals surface area contributed by atoms with Crippen LogP contribution in [0.2, 0.25) is 0 Å². The van der Waals surface area contributed by atoms with E-state index in [9.17, 15) is 14.0 Å². The van der Waals surface area contributed by atoms with Gasteiger partial charge in [0.1, 0.15) is 17.3 Å². The average molecular weight is 368 g/mol. The van der Waals surface area contributed by atoms with Gasteiger partial charge in [0.2, 0.25) is 0 Å². The van der Waals surface area contributed by atoms with Gasteiger partial charge in [-0.25, -0.2) is 9.82 Å². The van der Waals surface area contributed by atoms with Crippen molar-refractivity contribution in [1.29, 1.82) is 0 Å². The lowest BCUT2D eigenvalue weighted by Gasteiger charge is -2.05. The molecular formula is C14H11BrFN3O3. The highest BCUT2D eigenvalue weighted by atomic mass is 79.9. The zero-order valence-corrected chi connectivity index (χ0v) is 13.0. The summed E-state index contributed by atoms with van der Waals surface area (Å²) in [5.41, 5.74) is 2.35. The fraction of sp³-hybridized carbons (Fsp3) is 0.0714. The second kappa shape index (κ2) is 6.99. The number of nitrogens with zero attached hydrogens (tertiary/aromatic N) is 1. The fourth-order valence-corrected chi connectivity index (χ4v) is 1.83. The molecule has 0 atom stereocenters. The van der Waals surface area contributed by atoms with Gasteiger partial charge in [0.05, 0.1) is 12.0 Å². The van der Waals surface area contributed by atoms with Gasteiger partial charge in [-0.3, -0.25) is 9.59 Å². The SMILES string of the molecule is C/C(=N\NC(=O)C(=O)Nc1ccc(Br)cc1F)c1ccco1. The van der Waals surface area contributed by atoms with Crippen LogP contribution in [0.25, 0.3) is 0 Å². The van der Waals surface area contributed by atoms with E-state index in [1.807, 2.05) is 0 Å². The average Bonchev–Trinajstić information content (AvgIpc) is 3.01. The third-order valence-corrected chi connectivity index (χ3v) is 3.08. The number of hydrogen-bond acceptors (Lipinski definition) is 4. The van der Waals surface area contributed by atoms with Gasteiger partial charge in [0.15, 0.2) is 0 Å². The normalized spacial score (nSPS) is 11.1. The molecule has 0 aliphatic rings. The van der Waals surface area contributed by atoms with E-state index < -0.39 is 17.6 Å². The van der Waals surface area contributed by atoms with Crippen LogP contribution in [0.5, 0.6) is 0 Å². The van der Waals surface area contributed by atoms with E-state index in [0.717, 1.165) is 0 Å². The molecule has 8 heteroatoms. The Morgan fingerprint density at radius 1 is 1.27 bits per heavy atom. The summed E-state index contributed by atoms with van der Waals surface area (Å²) in [6.07, 6.45) is 1.46.